The lowest BCUT2D eigenvalue weighted by Gasteiger charge is -2.10. The average Bonchev–Trinajstić information content (AvgIpc) is 3.08. The molecule has 4 rings (SSSR count). The van der Waals surface area contributed by atoms with Crippen LogP contribution >= 0.6 is 11.8 Å². The summed E-state index contributed by atoms with van der Waals surface area (Å²) in [6, 6.07) is 16.2. The van der Waals surface area contributed by atoms with Crippen molar-refractivity contribution in [2.24, 2.45) is 0 Å². The van der Waals surface area contributed by atoms with Gasteiger partial charge in [0, 0.05) is 12.4 Å². The van der Waals surface area contributed by atoms with E-state index in [2.05, 4.69) is 5.32 Å². The topological polar surface area (TPSA) is 38.3 Å². The second kappa shape index (κ2) is 8.15. The number of benzene rings is 3. The summed E-state index contributed by atoms with van der Waals surface area (Å²) in [7, 11) is 3.25. The van der Waals surface area contributed by atoms with E-state index in [1.807, 2.05) is 36.4 Å². The van der Waals surface area contributed by atoms with Crippen LogP contribution < -0.4 is 10.1 Å². The number of halogens is 3. The van der Waals surface area contributed by atoms with Gasteiger partial charge in [-0.3, -0.25) is 4.79 Å². The lowest BCUT2D eigenvalue weighted by atomic mass is 9.98. The van der Waals surface area contributed by atoms with Crippen LogP contribution in [0.3, 0.4) is 0 Å². The van der Waals surface area contributed by atoms with Crippen LogP contribution in [-0.4, -0.2) is 19.9 Å². The molecule has 0 amide bonds. The quantitative estimate of drug-likeness (QED) is 0.496. The van der Waals surface area contributed by atoms with Gasteiger partial charge in [0.05, 0.1) is 28.2 Å². The van der Waals surface area contributed by atoms with Gasteiger partial charge in [-0.25, -0.2) is 0 Å². The summed E-state index contributed by atoms with van der Waals surface area (Å²) >= 11 is 1.22. The maximum atomic E-state index is 13.2. The van der Waals surface area contributed by atoms with Gasteiger partial charge in [0.2, 0.25) is 5.78 Å². The summed E-state index contributed by atoms with van der Waals surface area (Å²) < 4.78 is 44.9. The Bertz CT molecular complexity index is 1250. The first kappa shape index (κ1) is 21.1. The number of carbonyl (C=O) groups is 1. The van der Waals surface area contributed by atoms with E-state index in [9.17, 15) is 18.0 Å². The summed E-state index contributed by atoms with van der Waals surface area (Å²) in [6.45, 7) is 0. The van der Waals surface area contributed by atoms with Gasteiger partial charge in [-0.05, 0) is 40.8 Å². The minimum absolute atomic E-state index is 0.236. The molecule has 7 heteroatoms. The maximum absolute atomic E-state index is 13.2. The van der Waals surface area contributed by atoms with E-state index in [-0.39, 0.29) is 16.9 Å². The molecule has 158 valence electrons. The molecule has 1 N–H and O–H groups in total. The van der Waals surface area contributed by atoms with Gasteiger partial charge in [0.15, 0.2) is 0 Å². The van der Waals surface area contributed by atoms with Crippen LogP contribution in [0.2, 0.25) is 0 Å². The molecule has 31 heavy (non-hydrogen) atoms. The number of methoxy groups -OCH3 is 1. The van der Waals surface area contributed by atoms with Crippen molar-refractivity contribution in [1.82, 2.24) is 5.32 Å². The van der Waals surface area contributed by atoms with Crippen molar-refractivity contribution in [3.63, 3.8) is 0 Å². The van der Waals surface area contributed by atoms with Gasteiger partial charge in [0.25, 0.3) is 0 Å². The lowest BCUT2D eigenvalue weighted by Crippen LogP contribution is -2.08. The number of thioether (sulfide) groups is 1. The Balaban J connectivity index is 1.77. The summed E-state index contributed by atoms with van der Waals surface area (Å²) in [5, 5.41) is 5.30. The molecule has 1 aliphatic rings. The summed E-state index contributed by atoms with van der Waals surface area (Å²) in [4.78, 5) is 13.6. The van der Waals surface area contributed by atoms with Crippen LogP contribution in [-0.2, 0) is 11.0 Å². The van der Waals surface area contributed by atoms with Crippen LogP contribution in [0.25, 0.3) is 22.4 Å². The van der Waals surface area contributed by atoms with Crippen molar-refractivity contribution in [1.29, 1.82) is 0 Å². The van der Waals surface area contributed by atoms with Crippen molar-refractivity contribution in [3.05, 3.63) is 87.3 Å². The third-order valence-electron chi connectivity index (χ3n) is 5.02. The highest BCUT2D eigenvalue weighted by Gasteiger charge is 2.34. The standard InChI is InChI=1S/C24H18F3NO2S/c1-28-23-21(15-7-3-8-16(12-15)24(25,26)27)22(29)20(31-23)13-14-6-4-10-18-17(14)9-5-11-19(18)30-2/h3-13,28H,1-2H3/b20-13+. The number of carbonyl (C=O) groups excluding carboxylic acids is 1. The van der Waals surface area contributed by atoms with Gasteiger partial charge in [-0.15, -0.1) is 0 Å². The van der Waals surface area contributed by atoms with E-state index < -0.39 is 11.7 Å². The van der Waals surface area contributed by atoms with Gasteiger partial charge < -0.3 is 10.1 Å². The number of Topliss-reactive ketones (excluding diaryl/α,β-unsaturated/α-hetero) is 1. The maximum Gasteiger partial charge on any atom is 0.416 e. The highest BCUT2D eigenvalue weighted by atomic mass is 32.2. The molecular formula is C24H18F3NO2S. The number of nitrogens with one attached hydrogen (secondary N) is 1. The molecule has 0 saturated heterocycles. The second-order valence-electron chi connectivity index (χ2n) is 6.88. The van der Waals surface area contributed by atoms with Gasteiger partial charge >= 0.3 is 6.18 Å². The largest absolute Gasteiger partial charge is 0.496 e. The molecule has 0 aromatic heterocycles. The third-order valence-corrected chi connectivity index (χ3v) is 6.15. The van der Waals surface area contributed by atoms with Gasteiger partial charge in [-0.1, -0.05) is 54.2 Å². The zero-order chi connectivity index (χ0) is 22.2. The van der Waals surface area contributed by atoms with Crippen LogP contribution in [0.4, 0.5) is 13.2 Å². The Hall–Kier alpha value is -3.19. The average molecular weight is 441 g/mol. The number of hydrogen-bond donors (Lipinski definition) is 1. The molecule has 0 fully saturated rings. The molecule has 1 heterocycles. The van der Waals surface area contributed by atoms with Crippen LogP contribution in [0, 0.1) is 0 Å². The summed E-state index contributed by atoms with van der Waals surface area (Å²) in [5.41, 5.74) is 0.514. The van der Waals surface area contributed by atoms with E-state index in [1.54, 1.807) is 20.2 Å². The molecular weight excluding hydrogens is 423 g/mol. The Morgan fingerprint density at radius 3 is 2.42 bits per heavy atom. The first-order valence-electron chi connectivity index (χ1n) is 9.43. The fourth-order valence-electron chi connectivity index (χ4n) is 3.57. The fraction of sp³-hybridized carbons (Fsp3) is 0.125. The van der Waals surface area contributed by atoms with Crippen LogP contribution in [0.5, 0.6) is 5.75 Å². The number of fused-ring (bicyclic) bond motifs is 1. The molecule has 0 spiro atoms. The molecule has 1 aliphatic heterocycles. The van der Waals surface area contributed by atoms with E-state index >= 15 is 0 Å². The highest BCUT2D eigenvalue weighted by Crippen LogP contribution is 2.43. The third kappa shape index (κ3) is 3.93. The number of ether oxygens (including phenoxy) is 1. The number of rotatable bonds is 4. The van der Waals surface area contributed by atoms with E-state index in [0.717, 1.165) is 34.2 Å². The Morgan fingerprint density at radius 2 is 1.71 bits per heavy atom. The predicted octanol–water partition coefficient (Wildman–Crippen LogP) is 6.11. The number of allylic oxidation sites excluding steroid dienone is 2. The van der Waals surface area contributed by atoms with Crippen molar-refractivity contribution in [3.8, 4) is 5.75 Å². The van der Waals surface area contributed by atoms with Gasteiger partial charge in [0.1, 0.15) is 5.75 Å². The number of hydrogen-bond acceptors (Lipinski definition) is 4. The van der Waals surface area contributed by atoms with E-state index in [4.69, 9.17) is 4.74 Å². The second-order valence-corrected chi connectivity index (χ2v) is 7.93. The molecule has 0 saturated carbocycles. The molecule has 3 nitrogen and oxygen atoms in total. The predicted molar refractivity (Wildman–Crippen MR) is 118 cm³/mol. The fourth-order valence-corrected chi connectivity index (χ4v) is 4.58. The monoisotopic (exact) mass is 441 g/mol. The summed E-state index contributed by atoms with van der Waals surface area (Å²) in [6.07, 6.45) is -2.71. The first-order chi connectivity index (χ1) is 14.8. The molecule has 0 atom stereocenters. The molecule has 0 radical (unpaired) electrons. The van der Waals surface area contributed by atoms with Crippen LogP contribution in [0.1, 0.15) is 16.7 Å². The Labute approximate surface area is 181 Å². The normalized spacial score (nSPS) is 15.8. The molecule has 0 unspecified atom stereocenters. The first-order valence-corrected chi connectivity index (χ1v) is 10.2. The van der Waals surface area contributed by atoms with Gasteiger partial charge in [-0.2, -0.15) is 13.2 Å². The number of alkyl halides is 3. The molecule has 3 aromatic rings. The summed E-state index contributed by atoms with van der Waals surface area (Å²) in [5.74, 6) is 0.412. The van der Waals surface area contributed by atoms with Crippen LogP contribution in [0.15, 0.2) is 70.6 Å². The SMILES string of the molecule is CNC1=C(c2cccc(C(F)(F)F)c2)C(=O)/C(=C\c2cccc3c(OC)cccc23)S1. The zero-order valence-electron chi connectivity index (χ0n) is 16.7. The highest BCUT2D eigenvalue weighted by molar-refractivity contribution is 8.08. The smallest absolute Gasteiger partial charge is 0.416 e. The minimum atomic E-state index is -4.48. The van der Waals surface area contributed by atoms with Crippen molar-refractivity contribution in [2.45, 2.75) is 6.18 Å². The molecule has 0 bridgehead atoms. The Morgan fingerprint density at radius 1 is 1.00 bits per heavy atom. The van der Waals surface area contributed by atoms with Crippen molar-refractivity contribution >= 4 is 40.0 Å². The van der Waals surface area contributed by atoms with Crippen molar-refractivity contribution in [2.75, 3.05) is 14.2 Å². The molecule has 3 aromatic carbocycles. The number of ketones is 1. The van der Waals surface area contributed by atoms with Crippen molar-refractivity contribution < 1.29 is 22.7 Å². The Kier molecular flexibility index (Phi) is 5.54. The molecule has 0 aliphatic carbocycles. The van der Waals surface area contributed by atoms with E-state index in [1.165, 1.54) is 23.9 Å². The van der Waals surface area contributed by atoms with E-state index in [0.29, 0.717) is 9.93 Å². The zero-order valence-corrected chi connectivity index (χ0v) is 17.5. The minimum Gasteiger partial charge on any atom is -0.496 e. The lowest BCUT2D eigenvalue weighted by molar-refractivity contribution is -0.137.